The Morgan fingerprint density at radius 3 is 2.05 bits per heavy atom. The fourth-order valence-corrected chi connectivity index (χ4v) is 2.22. The second-order valence-electron chi connectivity index (χ2n) is 4.87. The zero-order valence-electron chi connectivity index (χ0n) is 11.6. The highest BCUT2D eigenvalue weighted by atomic mass is 19.4. The zero-order valence-corrected chi connectivity index (χ0v) is 11.6. The van der Waals surface area contributed by atoms with Crippen LogP contribution < -0.4 is 5.73 Å². The van der Waals surface area contributed by atoms with Gasteiger partial charge in [0.1, 0.15) is 0 Å². The fourth-order valence-electron chi connectivity index (χ4n) is 2.22. The summed E-state index contributed by atoms with van der Waals surface area (Å²) in [6.45, 7) is 3.68. The van der Waals surface area contributed by atoms with Gasteiger partial charge in [-0.05, 0) is 54.3 Å². The molecule has 0 atom stereocenters. The lowest BCUT2D eigenvalue weighted by atomic mass is 9.91. The summed E-state index contributed by atoms with van der Waals surface area (Å²) in [6, 6.07) is 8.08. The number of hydrogen-bond acceptors (Lipinski definition) is 1. The van der Waals surface area contributed by atoms with E-state index in [0.717, 1.165) is 23.3 Å². The predicted octanol–water partition coefficient (Wildman–Crippen LogP) is 4.09. The number of rotatable bonds is 2. The normalized spacial score (nSPS) is 11.5. The molecule has 0 spiro atoms. The Hall–Kier alpha value is -2.30. The van der Waals surface area contributed by atoms with Crippen LogP contribution in [0, 0.1) is 13.8 Å². The Labute approximate surface area is 120 Å². The summed E-state index contributed by atoms with van der Waals surface area (Å²) in [7, 11) is 0. The molecule has 21 heavy (non-hydrogen) atoms. The molecule has 2 aromatic carbocycles. The Bertz CT molecular complexity index is 688. The summed E-state index contributed by atoms with van der Waals surface area (Å²) in [5.41, 5.74) is 7.81. The molecule has 0 aliphatic heterocycles. The van der Waals surface area contributed by atoms with Crippen molar-refractivity contribution in [3.8, 4) is 11.1 Å². The topological polar surface area (TPSA) is 43.1 Å². The first-order valence-electron chi connectivity index (χ1n) is 6.29. The third kappa shape index (κ3) is 2.91. The number of carbonyl (C=O) groups excluding carboxylic acids is 1. The summed E-state index contributed by atoms with van der Waals surface area (Å²) in [6.07, 6.45) is -4.38. The summed E-state index contributed by atoms with van der Waals surface area (Å²) >= 11 is 0. The lowest BCUT2D eigenvalue weighted by molar-refractivity contribution is -0.137. The van der Waals surface area contributed by atoms with Gasteiger partial charge in [0.15, 0.2) is 0 Å². The fraction of sp³-hybridized carbons (Fsp3) is 0.188. The van der Waals surface area contributed by atoms with Crippen LogP contribution in [0.25, 0.3) is 11.1 Å². The Kier molecular flexibility index (Phi) is 3.77. The molecule has 0 fully saturated rings. The van der Waals surface area contributed by atoms with Crippen molar-refractivity contribution in [2.24, 2.45) is 5.73 Å². The zero-order chi connectivity index (χ0) is 15.8. The number of primary amides is 1. The van der Waals surface area contributed by atoms with Gasteiger partial charge in [-0.25, -0.2) is 0 Å². The van der Waals surface area contributed by atoms with E-state index in [2.05, 4.69) is 0 Å². The molecule has 2 aromatic rings. The van der Waals surface area contributed by atoms with Crippen molar-refractivity contribution in [1.29, 1.82) is 0 Å². The first-order valence-corrected chi connectivity index (χ1v) is 6.29. The van der Waals surface area contributed by atoms with Crippen LogP contribution in [0.4, 0.5) is 13.2 Å². The SMILES string of the molecule is Cc1ccc(C(N)=O)c(-c2ccc(C(F)(F)F)cc2)c1C. The van der Waals surface area contributed by atoms with E-state index in [4.69, 9.17) is 5.73 Å². The highest BCUT2D eigenvalue weighted by Crippen LogP contribution is 2.33. The molecule has 0 heterocycles. The van der Waals surface area contributed by atoms with Crippen LogP contribution in [0.3, 0.4) is 0 Å². The van der Waals surface area contributed by atoms with Crippen molar-refractivity contribution >= 4 is 5.91 Å². The van der Waals surface area contributed by atoms with Crippen LogP contribution in [0.5, 0.6) is 0 Å². The van der Waals surface area contributed by atoms with E-state index in [1.165, 1.54) is 12.1 Å². The lowest BCUT2D eigenvalue weighted by Crippen LogP contribution is -2.13. The van der Waals surface area contributed by atoms with Gasteiger partial charge >= 0.3 is 6.18 Å². The van der Waals surface area contributed by atoms with Gasteiger partial charge < -0.3 is 5.73 Å². The summed E-state index contributed by atoms with van der Waals surface area (Å²) in [5.74, 6) is -0.604. The average molecular weight is 293 g/mol. The number of halogens is 3. The Morgan fingerprint density at radius 2 is 1.57 bits per heavy atom. The van der Waals surface area contributed by atoms with Crippen LogP contribution >= 0.6 is 0 Å². The van der Waals surface area contributed by atoms with Crippen LogP contribution in [0.15, 0.2) is 36.4 Å². The van der Waals surface area contributed by atoms with Crippen LogP contribution in [0.1, 0.15) is 27.0 Å². The Balaban J connectivity index is 2.61. The van der Waals surface area contributed by atoms with Crippen molar-refractivity contribution < 1.29 is 18.0 Å². The van der Waals surface area contributed by atoms with Gasteiger partial charge in [0.25, 0.3) is 0 Å². The quantitative estimate of drug-likeness (QED) is 0.890. The molecule has 5 heteroatoms. The van der Waals surface area contributed by atoms with E-state index < -0.39 is 17.6 Å². The number of hydrogen-bond donors (Lipinski definition) is 1. The van der Waals surface area contributed by atoms with Gasteiger partial charge in [-0.15, -0.1) is 0 Å². The maximum absolute atomic E-state index is 12.6. The van der Waals surface area contributed by atoms with Crippen molar-refractivity contribution in [2.75, 3.05) is 0 Å². The maximum Gasteiger partial charge on any atom is 0.416 e. The molecule has 0 radical (unpaired) electrons. The summed E-state index contributed by atoms with van der Waals surface area (Å²) in [4.78, 5) is 11.5. The molecule has 0 aliphatic rings. The number of amides is 1. The predicted molar refractivity (Wildman–Crippen MR) is 74.9 cm³/mol. The second kappa shape index (κ2) is 5.24. The van der Waals surface area contributed by atoms with E-state index in [0.29, 0.717) is 16.7 Å². The van der Waals surface area contributed by atoms with E-state index >= 15 is 0 Å². The van der Waals surface area contributed by atoms with Gasteiger partial charge in [0.05, 0.1) is 5.56 Å². The molecule has 0 bridgehead atoms. The Morgan fingerprint density at radius 1 is 1.00 bits per heavy atom. The van der Waals surface area contributed by atoms with Gasteiger partial charge in [0, 0.05) is 5.56 Å². The number of alkyl halides is 3. The van der Waals surface area contributed by atoms with Crippen LogP contribution in [-0.2, 0) is 6.18 Å². The largest absolute Gasteiger partial charge is 0.416 e. The van der Waals surface area contributed by atoms with E-state index in [1.807, 2.05) is 13.8 Å². The number of benzene rings is 2. The molecule has 1 amide bonds. The van der Waals surface area contributed by atoms with Crippen LogP contribution in [-0.4, -0.2) is 5.91 Å². The number of carbonyl (C=O) groups is 1. The average Bonchev–Trinajstić information content (AvgIpc) is 2.40. The van der Waals surface area contributed by atoms with Crippen molar-refractivity contribution in [2.45, 2.75) is 20.0 Å². The molecule has 0 aromatic heterocycles. The molecular formula is C16H14F3NO. The number of nitrogens with two attached hydrogens (primary N) is 1. The van der Waals surface area contributed by atoms with Crippen LogP contribution in [0.2, 0.25) is 0 Å². The third-order valence-electron chi connectivity index (χ3n) is 3.50. The summed E-state index contributed by atoms with van der Waals surface area (Å²) in [5, 5.41) is 0. The first-order chi connectivity index (χ1) is 9.71. The molecule has 2 nitrogen and oxygen atoms in total. The minimum absolute atomic E-state index is 0.304. The standard InChI is InChI=1S/C16H14F3NO/c1-9-3-8-13(15(20)21)14(10(9)2)11-4-6-12(7-5-11)16(17,18)19/h3-8H,1-2H3,(H2,20,21). The van der Waals surface area contributed by atoms with Crippen molar-refractivity contribution in [3.63, 3.8) is 0 Å². The third-order valence-corrected chi connectivity index (χ3v) is 3.50. The van der Waals surface area contributed by atoms with Gasteiger partial charge in [-0.1, -0.05) is 18.2 Å². The molecule has 0 unspecified atom stereocenters. The smallest absolute Gasteiger partial charge is 0.366 e. The van der Waals surface area contributed by atoms with Crippen molar-refractivity contribution in [3.05, 3.63) is 58.7 Å². The lowest BCUT2D eigenvalue weighted by Gasteiger charge is -2.14. The highest BCUT2D eigenvalue weighted by molar-refractivity contribution is 6.00. The van der Waals surface area contributed by atoms with E-state index in [9.17, 15) is 18.0 Å². The minimum Gasteiger partial charge on any atom is -0.366 e. The van der Waals surface area contributed by atoms with Gasteiger partial charge in [-0.2, -0.15) is 13.2 Å². The molecule has 110 valence electrons. The van der Waals surface area contributed by atoms with Gasteiger partial charge in [-0.3, -0.25) is 4.79 Å². The number of aryl methyl sites for hydroxylation is 1. The highest BCUT2D eigenvalue weighted by Gasteiger charge is 2.30. The van der Waals surface area contributed by atoms with Gasteiger partial charge in [0.2, 0.25) is 5.91 Å². The molecular weight excluding hydrogens is 279 g/mol. The first kappa shape index (κ1) is 15.1. The summed E-state index contributed by atoms with van der Waals surface area (Å²) < 4.78 is 37.8. The monoisotopic (exact) mass is 293 g/mol. The van der Waals surface area contributed by atoms with E-state index in [1.54, 1.807) is 12.1 Å². The molecule has 0 aliphatic carbocycles. The molecule has 2 rings (SSSR count). The van der Waals surface area contributed by atoms with E-state index in [-0.39, 0.29) is 0 Å². The molecule has 0 saturated heterocycles. The second-order valence-corrected chi connectivity index (χ2v) is 4.87. The molecule has 2 N–H and O–H groups in total. The minimum atomic E-state index is -4.38. The van der Waals surface area contributed by atoms with Crippen molar-refractivity contribution in [1.82, 2.24) is 0 Å². The maximum atomic E-state index is 12.6. The molecule has 0 saturated carbocycles.